The number of carbonyl (C=O) groups excluding carboxylic acids is 3. The molecule has 3 aromatic rings. The summed E-state index contributed by atoms with van der Waals surface area (Å²) >= 11 is 0. The van der Waals surface area contributed by atoms with E-state index in [2.05, 4.69) is 15.6 Å². The number of fused-ring (bicyclic) bond motifs is 9. The molecular formula is C33H38N4O7. The quantitative estimate of drug-likeness (QED) is 0.457. The first kappa shape index (κ1) is 30.7. The van der Waals surface area contributed by atoms with Crippen molar-refractivity contribution in [2.24, 2.45) is 0 Å². The number of nitrogens with zero attached hydrogens (tertiary/aromatic N) is 2. The summed E-state index contributed by atoms with van der Waals surface area (Å²) in [6, 6.07) is 14.2. The van der Waals surface area contributed by atoms with Gasteiger partial charge < -0.3 is 34.5 Å². The number of rotatable bonds is 5. The number of ether oxygens (including phenoxy) is 4. The molecule has 0 saturated carbocycles. The minimum absolute atomic E-state index is 0.0101. The van der Waals surface area contributed by atoms with E-state index in [1.54, 1.807) is 42.6 Å². The number of piperidine rings is 1. The molecule has 3 aliphatic rings. The van der Waals surface area contributed by atoms with Crippen LogP contribution in [0.15, 0.2) is 60.9 Å². The zero-order valence-electron chi connectivity index (χ0n) is 25.0. The highest BCUT2D eigenvalue weighted by molar-refractivity contribution is 5.79. The summed E-state index contributed by atoms with van der Waals surface area (Å²) in [7, 11) is 3.10. The predicted molar refractivity (Wildman–Crippen MR) is 162 cm³/mol. The number of hydrogen-bond donors (Lipinski definition) is 2. The van der Waals surface area contributed by atoms with Gasteiger partial charge in [0.15, 0.2) is 18.1 Å². The number of hydrogen-bond acceptors (Lipinski definition) is 8. The van der Waals surface area contributed by atoms with E-state index in [-0.39, 0.29) is 30.7 Å². The second kappa shape index (κ2) is 14.6. The summed E-state index contributed by atoms with van der Waals surface area (Å²) in [5.41, 5.74) is 2.73. The molecule has 0 unspecified atom stereocenters. The van der Waals surface area contributed by atoms with Crippen molar-refractivity contribution in [3.8, 4) is 23.0 Å². The normalized spacial score (nSPS) is 19.1. The molecule has 4 heterocycles. The van der Waals surface area contributed by atoms with Gasteiger partial charge in [-0.2, -0.15) is 0 Å². The Morgan fingerprint density at radius 3 is 2.61 bits per heavy atom. The smallest absolute Gasteiger partial charge is 0.258 e. The van der Waals surface area contributed by atoms with Crippen molar-refractivity contribution in [3.05, 3.63) is 77.6 Å². The van der Waals surface area contributed by atoms with Crippen LogP contribution in [0.25, 0.3) is 0 Å². The molecule has 1 saturated heterocycles. The summed E-state index contributed by atoms with van der Waals surface area (Å²) in [5, 5.41) is 6.00. The Kier molecular flexibility index (Phi) is 10.2. The van der Waals surface area contributed by atoms with Crippen LogP contribution in [0.4, 0.5) is 0 Å². The molecule has 232 valence electrons. The van der Waals surface area contributed by atoms with E-state index in [1.807, 2.05) is 30.3 Å². The summed E-state index contributed by atoms with van der Waals surface area (Å²) in [6.45, 7) is 0.833. The Labute approximate surface area is 256 Å². The van der Waals surface area contributed by atoms with Gasteiger partial charge in [-0.3, -0.25) is 19.4 Å². The van der Waals surface area contributed by atoms with Crippen molar-refractivity contribution < 1.29 is 33.3 Å². The Balaban J connectivity index is 1.36. The van der Waals surface area contributed by atoms with E-state index in [0.717, 1.165) is 16.7 Å². The number of pyridine rings is 1. The second-order valence-corrected chi connectivity index (χ2v) is 10.8. The zero-order chi connectivity index (χ0) is 30.9. The lowest BCUT2D eigenvalue weighted by atomic mass is 10.0. The van der Waals surface area contributed by atoms with Gasteiger partial charge in [0, 0.05) is 62.9 Å². The SMILES string of the molecule is COc1cc2ccc1CNC(=O)CCc1ccc(OC)c(c1)OCC(=O)N[C@@H]1CN(C(=O)CCc3ccncc3)CC[C@@H]1O2. The highest BCUT2D eigenvalue weighted by Gasteiger charge is 2.34. The maximum absolute atomic E-state index is 13.2. The van der Waals surface area contributed by atoms with E-state index in [1.165, 1.54) is 7.11 Å². The third-order valence-corrected chi connectivity index (χ3v) is 7.87. The largest absolute Gasteiger partial charge is 0.496 e. The first-order chi connectivity index (χ1) is 21.4. The van der Waals surface area contributed by atoms with E-state index in [9.17, 15) is 14.4 Å². The van der Waals surface area contributed by atoms with Crippen molar-refractivity contribution in [2.75, 3.05) is 33.9 Å². The molecule has 6 rings (SSSR count). The summed E-state index contributed by atoms with van der Waals surface area (Å²) < 4.78 is 23.3. The highest BCUT2D eigenvalue weighted by Crippen LogP contribution is 2.30. The Morgan fingerprint density at radius 1 is 1.00 bits per heavy atom. The summed E-state index contributed by atoms with van der Waals surface area (Å²) in [6.07, 6.45) is 5.26. The van der Waals surface area contributed by atoms with Crippen molar-refractivity contribution in [2.45, 2.75) is 50.8 Å². The van der Waals surface area contributed by atoms with Gasteiger partial charge in [-0.15, -0.1) is 0 Å². The minimum Gasteiger partial charge on any atom is -0.496 e. The van der Waals surface area contributed by atoms with Crippen molar-refractivity contribution in [3.63, 3.8) is 0 Å². The first-order valence-corrected chi connectivity index (χ1v) is 14.8. The van der Waals surface area contributed by atoms with Crippen LogP contribution < -0.4 is 29.6 Å². The average Bonchev–Trinajstić information content (AvgIpc) is 3.05. The Hall–Kier alpha value is -4.80. The van der Waals surface area contributed by atoms with E-state index in [0.29, 0.717) is 68.3 Å². The van der Waals surface area contributed by atoms with Crippen LogP contribution in [0.3, 0.4) is 0 Å². The van der Waals surface area contributed by atoms with Crippen LogP contribution in [0.5, 0.6) is 23.0 Å². The number of likely N-dealkylation sites (tertiary alicyclic amines) is 1. The monoisotopic (exact) mass is 602 g/mol. The molecule has 1 aromatic heterocycles. The van der Waals surface area contributed by atoms with Crippen LogP contribution in [-0.2, 0) is 33.8 Å². The molecule has 2 atom stereocenters. The molecule has 0 aliphatic carbocycles. The molecule has 0 spiro atoms. The van der Waals surface area contributed by atoms with Gasteiger partial charge >= 0.3 is 0 Å². The maximum atomic E-state index is 13.2. The first-order valence-electron chi connectivity index (χ1n) is 14.8. The molecule has 44 heavy (non-hydrogen) atoms. The summed E-state index contributed by atoms with van der Waals surface area (Å²) in [5.74, 6) is 1.59. The Bertz CT molecular complexity index is 1470. The second-order valence-electron chi connectivity index (χ2n) is 10.8. The highest BCUT2D eigenvalue weighted by atomic mass is 16.5. The number of aromatic nitrogens is 1. The third-order valence-electron chi connectivity index (χ3n) is 7.87. The van der Waals surface area contributed by atoms with Crippen LogP contribution in [-0.4, -0.2) is 73.7 Å². The fourth-order valence-electron chi connectivity index (χ4n) is 5.44. The van der Waals surface area contributed by atoms with Crippen LogP contribution in [0, 0.1) is 0 Å². The van der Waals surface area contributed by atoms with Gasteiger partial charge in [0.1, 0.15) is 17.6 Å². The standard InChI is InChI=1S/C33H38N4O7/c1-41-28-8-3-23-4-9-31(38)35-19-24-6-7-25(18-29(24)42-2)44-27-13-16-37(33(40)10-5-22-11-14-34-15-12-22)20-26(27)36-32(39)21-43-30(28)17-23/h3,6-8,11-12,14-15,17-18,26-27H,4-5,9-10,13,16,19-21H2,1-2H3,(H,35,38)(H,36,39)/t26-,27+/m1/s1. The van der Waals surface area contributed by atoms with Crippen molar-refractivity contribution >= 4 is 17.7 Å². The number of nitrogens with one attached hydrogen (secondary N) is 2. The number of carbonyl (C=O) groups is 3. The molecule has 1 fully saturated rings. The van der Waals surface area contributed by atoms with Crippen molar-refractivity contribution in [1.82, 2.24) is 20.5 Å². The van der Waals surface area contributed by atoms with Gasteiger partial charge in [-0.25, -0.2) is 0 Å². The molecule has 11 heteroatoms. The molecule has 2 aromatic carbocycles. The number of aryl methyl sites for hydroxylation is 2. The van der Waals surface area contributed by atoms with E-state index in [4.69, 9.17) is 18.9 Å². The van der Waals surface area contributed by atoms with Crippen LogP contribution >= 0.6 is 0 Å². The topological polar surface area (TPSA) is 128 Å². The fourth-order valence-corrected chi connectivity index (χ4v) is 5.44. The molecule has 2 N–H and O–H groups in total. The predicted octanol–water partition coefficient (Wildman–Crippen LogP) is 2.84. The maximum Gasteiger partial charge on any atom is 0.258 e. The molecule has 4 bridgehead atoms. The number of benzene rings is 2. The molecular weight excluding hydrogens is 564 g/mol. The van der Waals surface area contributed by atoms with E-state index >= 15 is 0 Å². The lowest BCUT2D eigenvalue weighted by Crippen LogP contribution is -2.58. The van der Waals surface area contributed by atoms with E-state index < -0.39 is 12.1 Å². The third kappa shape index (κ3) is 7.97. The number of methoxy groups -OCH3 is 2. The molecule has 0 radical (unpaired) electrons. The molecule has 3 aliphatic heterocycles. The molecule has 3 amide bonds. The minimum atomic E-state index is -0.481. The Morgan fingerprint density at radius 2 is 1.82 bits per heavy atom. The van der Waals surface area contributed by atoms with Gasteiger partial charge in [0.25, 0.3) is 5.91 Å². The van der Waals surface area contributed by atoms with Gasteiger partial charge in [0.2, 0.25) is 11.8 Å². The fraction of sp³-hybridized carbons (Fsp3) is 0.394. The molecule has 11 nitrogen and oxygen atoms in total. The lowest BCUT2D eigenvalue weighted by molar-refractivity contribution is -0.135. The van der Waals surface area contributed by atoms with Crippen molar-refractivity contribution in [1.29, 1.82) is 0 Å². The summed E-state index contributed by atoms with van der Waals surface area (Å²) in [4.78, 5) is 44.8. The van der Waals surface area contributed by atoms with Gasteiger partial charge in [-0.1, -0.05) is 6.07 Å². The number of amides is 3. The average molecular weight is 603 g/mol. The lowest BCUT2D eigenvalue weighted by Gasteiger charge is -2.39. The zero-order valence-corrected chi connectivity index (χ0v) is 25.0. The van der Waals surface area contributed by atoms with Gasteiger partial charge in [0.05, 0.1) is 20.3 Å². The van der Waals surface area contributed by atoms with Crippen LogP contribution in [0.1, 0.15) is 36.0 Å². The van der Waals surface area contributed by atoms with Crippen LogP contribution in [0.2, 0.25) is 0 Å². The van der Waals surface area contributed by atoms with Gasteiger partial charge in [-0.05, 0) is 60.4 Å².